The van der Waals surface area contributed by atoms with Crippen molar-refractivity contribution in [1.29, 1.82) is 0 Å². The molecular weight excluding hydrogens is 238 g/mol. The van der Waals surface area contributed by atoms with Gasteiger partial charge < -0.3 is 11.1 Å². The Bertz CT molecular complexity index is 421. The van der Waals surface area contributed by atoms with Gasteiger partial charge in [0, 0.05) is 24.1 Å². The van der Waals surface area contributed by atoms with Crippen molar-refractivity contribution in [2.45, 2.75) is 38.8 Å². The van der Waals surface area contributed by atoms with E-state index in [1.54, 1.807) is 6.92 Å². The van der Waals surface area contributed by atoms with Gasteiger partial charge in [0.2, 0.25) is 5.91 Å². The summed E-state index contributed by atoms with van der Waals surface area (Å²) in [5, 5.41) is 2.65. The van der Waals surface area contributed by atoms with Crippen LogP contribution in [0.15, 0.2) is 18.2 Å². The maximum absolute atomic E-state index is 13.5. The zero-order chi connectivity index (χ0) is 13.7. The van der Waals surface area contributed by atoms with Crippen molar-refractivity contribution in [2.24, 2.45) is 5.73 Å². The quantitative estimate of drug-likeness (QED) is 0.849. The van der Waals surface area contributed by atoms with Crippen molar-refractivity contribution in [3.05, 3.63) is 35.4 Å². The van der Waals surface area contributed by atoms with Crippen LogP contribution < -0.4 is 11.1 Å². The van der Waals surface area contributed by atoms with E-state index in [0.29, 0.717) is 12.8 Å². The Morgan fingerprint density at radius 2 is 2.06 bits per heavy atom. The summed E-state index contributed by atoms with van der Waals surface area (Å²) in [6.07, 6.45) is 0.870. The van der Waals surface area contributed by atoms with Crippen molar-refractivity contribution in [2.75, 3.05) is 0 Å². The molecular formula is C13H18F2N2O. The molecule has 0 spiro atoms. The second-order valence-corrected chi connectivity index (χ2v) is 4.47. The van der Waals surface area contributed by atoms with Gasteiger partial charge in [-0.3, -0.25) is 4.79 Å². The van der Waals surface area contributed by atoms with Crippen LogP contribution in [0.1, 0.15) is 38.3 Å². The number of hydrogen-bond acceptors (Lipinski definition) is 2. The molecule has 1 aromatic carbocycles. The molecule has 0 aliphatic carbocycles. The first-order valence-corrected chi connectivity index (χ1v) is 5.90. The van der Waals surface area contributed by atoms with Gasteiger partial charge in [0.1, 0.15) is 11.6 Å². The van der Waals surface area contributed by atoms with Crippen molar-refractivity contribution >= 4 is 5.91 Å². The van der Waals surface area contributed by atoms with E-state index >= 15 is 0 Å². The van der Waals surface area contributed by atoms with Crippen molar-refractivity contribution in [3.63, 3.8) is 0 Å². The monoisotopic (exact) mass is 256 g/mol. The molecule has 2 atom stereocenters. The number of amides is 1. The molecule has 0 fully saturated rings. The van der Waals surface area contributed by atoms with E-state index in [1.165, 1.54) is 12.1 Å². The number of nitrogens with two attached hydrogens (primary N) is 1. The van der Waals surface area contributed by atoms with Crippen molar-refractivity contribution < 1.29 is 13.6 Å². The standard InChI is InChI=1S/C13H18F2N2O/c1-8(16)3-6-13(18)17-9(2)11-5-4-10(14)7-12(11)15/h4-5,7-9H,3,6,16H2,1-2H3,(H,17,18). The molecule has 100 valence electrons. The molecule has 18 heavy (non-hydrogen) atoms. The molecule has 0 saturated carbocycles. The summed E-state index contributed by atoms with van der Waals surface area (Å²) in [6, 6.07) is 2.77. The lowest BCUT2D eigenvalue weighted by Crippen LogP contribution is -2.28. The highest BCUT2D eigenvalue weighted by Gasteiger charge is 2.14. The maximum Gasteiger partial charge on any atom is 0.220 e. The fourth-order valence-corrected chi connectivity index (χ4v) is 1.60. The van der Waals surface area contributed by atoms with Crippen molar-refractivity contribution in [3.8, 4) is 0 Å². The largest absolute Gasteiger partial charge is 0.349 e. The molecule has 0 aliphatic rings. The number of carbonyl (C=O) groups is 1. The molecule has 5 heteroatoms. The van der Waals surface area contributed by atoms with Crippen LogP contribution in [0.25, 0.3) is 0 Å². The van der Waals surface area contributed by atoms with Gasteiger partial charge in [0.05, 0.1) is 6.04 Å². The Morgan fingerprint density at radius 3 is 2.61 bits per heavy atom. The molecule has 1 aromatic rings. The van der Waals surface area contributed by atoms with Crippen LogP contribution in [0.3, 0.4) is 0 Å². The predicted molar refractivity (Wildman–Crippen MR) is 65.8 cm³/mol. The van der Waals surface area contributed by atoms with Crippen molar-refractivity contribution in [1.82, 2.24) is 5.32 Å². The molecule has 0 bridgehead atoms. The zero-order valence-electron chi connectivity index (χ0n) is 10.5. The van der Waals surface area contributed by atoms with Gasteiger partial charge in [0.15, 0.2) is 0 Å². The number of nitrogens with one attached hydrogen (secondary N) is 1. The van der Waals surface area contributed by atoms with E-state index in [4.69, 9.17) is 5.73 Å². The van der Waals surface area contributed by atoms with Gasteiger partial charge in [-0.1, -0.05) is 6.07 Å². The zero-order valence-corrected chi connectivity index (χ0v) is 10.5. The predicted octanol–water partition coefficient (Wildman–Crippen LogP) is 2.27. The van der Waals surface area contributed by atoms with Gasteiger partial charge >= 0.3 is 0 Å². The number of hydrogen-bond donors (Lipinski definition) is 2. The van der Waals surface area contributed by atoms with Crippen LogP contribution >= 0.6 is 0 Å². The minimum atomic E-state index is -0.657. The van der Waals surface area contributed by atoms with Gasteiger partial charge in [-0.15, -0.1) is 0 Å². The van der Waals surface area contributed by atoms with Crippen LogP contribution in [0.5, 0.6) is 0 Å². The summed E-state index contributed by atoms with van der Waals surface area (Å²) < 4.78 is 26.2. The summed E-state index contributed by atoms with van der Waals surface area (Å²) in [4.78, 5) is 11.5. The fourth-order valence-electron chi connectivity index (χ4n) is 1.60. The first kappa shape index (κ1) is 14.6. The van der Waals surface area contributed by atoms with E-state index in [-0.39, 0.29) is 17.5 Å². The number of halogens is 2. The Hall–Kier alpha value is -1.49. The first-order valence-electron chi connectivity index (χ1n) is 5.90. The minimum Gasteiger partial charge on any atom is -0.349 e. The molecule has 3 nitrogen and oxygen atoms in total. The lowest BCUT2D eigenvalue weighted by Gasteiger charge is -2.15. The summed E-state index contributed by atoms with van der Waals surface area (Å²) in [7, 11) is 0. The number of carbonyl (C=O) groups excluding carboxylic acids is 1. The van der Waals surface area contributed by atoms with E-state index in [0.717, 1.165) is 6.07 Å². The fraction of sp³-hybridized carbons (Fsp3) is 0.462. The molecule has 0 radical (unpaired) electrons. The Morgan fingerprint density at radius 1 is 1.39 bits per heavy atom. The average molecular weight is 256 g/mol. The molecule has 0 aromatic heterocycles. The lowest BCUT2D eigenvalue weighted by atomic mass is 10.1. The molecule has 0 heterocycles. The highest BCUT2D eigenvalue weighted by Crippen LogP contribution is 2.17. The maximum atomic E-state index is 13.5. The molecule has 1 amide bonds. The first-order chi connectivity index (χ1) is 8.40. The van der Waals surface area contributed by atoms with Gasteiger partial charge in [0.25, 0.3) is 0 Å². The molecule has 2 unspecified atom stereocenters. The Kier molecular flexibility index (Phi) is 5.22. The van der Waals surface area contributed by atoms with Crippen LogP contribution in [0, 0.1) is 11.6 Å². The molecule has 0 aliphatic heterocycles. The van der Waals surface area contributed by atoms with Crippen LogP contribution in [0.2, 0.25) is 0 Å². The van der Waals surface area contributed by atoms with Gasteiger partial charge in [-0.05, 0) is 26.3 Å². The van der Waals surface area contributed by atoms with E-state index < -0.39 is 17.7 Å². The van der Waals surface area contributed by atoms with Crippen LogP contribution in [0.4, 0.5) is 8.78 Å². The molecule has 0 saturated heterocycles. The average Bonchev–Trinajstić information content (AvgIpc) is 2.26. The Labute approximate surface area is 105 Å². The van der Waals surface area contributed by atoms with E-state index in [2.05, 4.69) is 5.32 Å². The summed E-state index contributed by atoms with van der Waals surface area (Å²) in [6.45, 7) is 3.47. The number of rotatable bonds is 5. The Balaban J connectivity index is 2.59. The lowest BCUT2D eigenvalue weighted by molar-refractivity contribution is -0.121. The topological polar surface area (TPSA) is 55.1 Å². The third kappa shape index (κ3) is 4.41. The summed E-state index contributed by atoms with van der Waals surface area (Å²) in [5.74, 6) is -1.48. The third-order valence-electron chi connectivity index (χ3n) is 2.63. The SMILES string of the molecule is CC(N)CCC(=O)NC(C)c1ccc(F)cc1F. The van der Waals surface area contributed by atoms with Gasteiger partial charge in [-0.25, -0.2) is 8.78 Å². The number of benzene rings is 1. The third-order valence-corrected chi connectivity index (χ3v) is 2.63. The van der Waals surface area contributed by atoms with E-state index in [9.17, 15) is 13.6 Å². The normalized spacial score (nSPS) is 14.1. The minimum absolute atomic E-state index is 0.0476. The molecule has 1 rings (SSSR count). The summed E-state index contributed by atoms with van der Waals surface area (Å²) in [5.41, 5.74) is 5.81. The molecule has 3 N–H and O–H groups in total. The van der Waals surface area contributed by atoms with E-state index in [1.807, 2.05) is 6.92 Å². The summed E-state index contributed by atoms with van der Waals surface area (Å²) >= 11 is 0. The second kappa shape index (κ2) is 6.44. The smallest absolute Gasteiger partial charge is 0.220 e. The highest BCUT2D eigenvalue weighted by molar-refractivity contribution is 5.76. The second-order valence-electron chi connectivity index (χ2n) is 4.47. The van der Waals surface area contributed by atoms with Crippen LogP contribution in [-0.2, 0) is 4.79 Å². The van der Waals surface area contributed by atoms with Gasteiger partial charge in [-0.2, -0.15) is 0 Å². The van der Waals surface area contributed by atoms with Crippen LogP contribution in [-0.4, -0.2) is 11.9 Å². The highest BCUT2D eigenvalue weighted by atomic mass is 19.1.